The molecule has 0 aliphatic heterocycles. The van der Waals surface area contributed by atoms with Crippen molar-refractivity contribution in [3.8, 4) is 0 Å². The van der Waals surface area contributed by atoms with Crippen LogP contribution >= 0.6 is 0 Å². The summed E-state index contributed by atoms with van der Waals surface area (Å²) in [7, 11) is 0. The fourth-order valence-corrected chi connectivity index (χ4v) is 1.99. The minimum atomic E-state index is -0.326. The lowest BCUT2D eigenvalue weighted by atomic mass is 10.1. The maximum Gasteiger partial charge on any atom is 0.243 e. The molecule has 3 N–H and O–H groups in total. The van der Waals surface area contributed by atoms with Crippen LogP contribution in [0.2, 0.25) is 0 Å². The number of nitrogens with two attached hydrogens (primary N) is 1. The van der Waals surface area contributed by atoms with Crippen molar-refractivity contribution in [2.45, 2.75) is 18.9 Å². The van der Waals surface area contributed by atoms with Crippen LogP contribution < -0.4 is 5.73 Å². The predicted molar refractivity (Wildman–Crippen MR) is 72.8 cm³/mol. The van der Waals surface area contributed by atoms with Crippen molar-refractivity contribution < 1.29 is 4.52 Å². The summed E-state index contributed by atoms with van der Waals surface area (Å²) >= 11 is 0. The van der Waals surface area contributed by atoms with Crippen LogP contribution in [0, 0.1) is 0 Å². The van der Waals surface area contributed by atoms with E-state index in [1.165, 1.54) is 0 Å². The van der Waals surface area contributed by atoms with Crippen LogP contribution in [0.4, 0.5) is 0 Å². The fourth-order valence-electron chi connectivity index (χ4n) is 1.99. The summed E-state index contributed by atoms with van der Waals surface area (Å²) in [5.74, 6) is 1.09. The third kappa shape index (κ3) is 2.92. The third-order valence-electron chi connectivity index (χ3n) is 3.00. The first-order chi connectivity index (χ1) is 9.81. The topological polar surface area (TPSA) is 93.6 Å². The first kappa shape index (κ1) is 12.6. The average Bonchev–Trinajstić information content (AvgIpc) is 3.11. The zero-order valence-electron chi connectivity index (χ0n) is 10.9. The van der Waals surface area contributed by atoms with Gasteiger partial charge in [-0.2, -0.15) is 4.98 Å². The van der Waals surface area contributed by atoms with Gasteiger partial charge in [0.1, 0.15) is 0 Å². The molecule has 0 aliphatic rings. The molecule has 102 valence electrons. The smallest absolute Gasteiger partial charge is 0.243 e. The van der Waals surface area contributed by atoms with Crippen LogP contribution in [0.3, 0.4) is 0 Å². The van der Waals surface area contributed by atoms with E-state index >= 15 is 0 Å². The fraction of sp³-hybridized carbons (Fsp3) is 0.214. The van der Waals surface area contributed by atoms with Gasteiger partial charge in [-0.05, 0) is 5.56 Å². The second-order valence-corrected chi connectivity index (χ2v) is 4.60. The lowest BCUT2D eigenvalue weighted by Gasteiger charge is -2.03. The van der Waals surface area contributed by atoms with Gasteiger partial charge >= 0.3 is 0 Å². The molecule has 0 unspecified atom stereocenters. The van der Waals surface area contributed by atoms with Crippen molar-refractivity contribution in [1.82, 2.24) is 20.1 Å². The number of hydrogen-bond donors (Lipinski definition) is 2. The lowest BCUT2D eigenvalue weighted by Crippen LogP contribution is -2.14. The molecule has 0 aliphatic carbocycles. The molecule has 0 bridgehead atoms. The highest BCUT2D eigenvalue weighted by atomic mass is 16.5. The molecule has 0 saturated heterocycles. The van der Waals surface area contributed by atoms with E-state index in [0.717, 1.165) is 11.3 Å². The molecule has 1 atom stereocenters. The lowest BCUT2D eigenvalue weighted by molar-refractivity contribution is 0.350. The molecule has 1 aromatic carbocycles. The van der Waals surface area contributed by atoms with Gasteiger partial charge in [-0.15, -0.1) is 0 Å². The minimum Gasteiger partial charge on any atom is -0.348 e. The highest BCUT2D eigenvalue weighted by molar-refractivity contribution is 5.18. The Labute approximate surface area is 116 Å². The quantitative estimate of drug-likeness (QED) is 0.734. The highest BCUT2D eigenvalue weighted by Crippen LogP contribution is 2.14. The van der Waals surface area contributed by atoms with Gasteiger partial charge in [-0.25, -0.2) is 4.98 Å². The van der Waals surface area contributed by atoms with E-state index in [1.807, 2.05) is 30.3 Å². The molecule has 20 heavy (non-hydrogen) atoms. The SMILES string of the molecule is N[C@H](Cc1cnc[nH]1)c1nc(Cc2ccccc2)no1. The summed E-state index contributed by atoms with van der Waals surface area (Å²) in [6.45, 7) is 0. The van der Waals surface area contributed by atoms with E-state index in [-0.39, 0.29) is 6.04 Å². The molecule has 0 saturated carbocycles. The standard InChI is InChI=1S/C14H15N5O/c15-12(7-11-8-16-9-17-11)14-18-13(19-20-14)6-10-4-2-1-3-5-10/h1-5,8-9,12H,6-7,15H2,(H,16,17)/t12-/m1/s1. The van der Waals surface area contributed by atoms with E-state index in [4.69, 9.17) is 10.3 Å². The summed E-state index contributed by atoms with van der Waals surface area (Å²) in [4.78, 5) is 11.3. The van der Waals surface area contributed by atoms with Crippen LogP contribution in [0.25, 0.3) is 0 Å². The maximum absolute atomic E-state index is 6.05. The Kier molecular flexibility index (Phi) is 3.56. The normalized spacial score (nSPS) is 12.4. The van der Waals surface area contributed by atoms with Gasteiger partial charge in [-0.3, -0.25) is 0 Å². The molecular weight excluding hydrogens is 254 g/mol. The number of hydrogen-bond acceptors (Lipinski definition) is 5. The molecular formula is C14H15N5O. The van der Waals surface area contributed by atoms with Crippen LogP contribution in [0.5, 0.6) is 0 Å². The maximum atomic E-state index is 6.05. The van der Waals surface area contributed by atoms with Crippen LogP contribution in [0.15, 0.2) is 47.4 Å². The largest absolute Gasteiger partial charge is 0.348 e. The van der Waals surface area contributed by atoms with E-state index in [2.05, 4.69) is 20.1 Å². The predicted octanol–water partition coefficient (Wildman–Crippen LogP) is 1.63. The molecule has 0 radical (unpaired) electrons. The van der Waals surface area contributed by atoms with Gasteiger partial charge in [0.15, 0.2) is 5.82 Å². The molecule has 0 amide bonds. The molecule has 0 spiro atoms. The van der Waals surface area contributed by atoms with Crippen LogP contribution in [-0.4, -0.2) is 20.1 Å². The number of aromatic amines is 1. The Morgan fingerprint density at radius 3 is 2.85 bits per heavy atom. The highest BCUT2D eigenvalue weighted by Gasteiger charge is 2.16. The van der Waals surface area contributed by atoms with Crippen molar-refractivity contribution in [1.29, 1.82) is 0 Å². The Morgan fingerprint density at radius 2 is 2.10 bits per heavy atom. The number of rotatable bonds is 5. The second kappa shape index (κ2) is 5.66. The Balaban J connectivity index is 1.67. The molecule has 3 aromatic rings. The molecule has 6 nitrogen and oxygen atoms in total. The van der Waals surface area contributed by atoms with E-state index in [0.29, 0.717) is 24.6 Å². The average molecular weight is 269 g/mol. The van der Waals surface area contributed by atoms with Crippen LogP contribution in [0.1, 0.15) is 29.0 Å². The molecule has 0 fully saturated rings. The second-order valence-electron chi connectivity index (χ2n) is 4.60. The number of aromatic nitrogens is 4. The minimum absolute atomic E-state index is 0.326. The summed E-state index contributed by atoms with van der Waals surface area (Å²) in [6, 6.07) is 9.68. The van der Waals surface area contributed by atoms with Gasteiger partial charge in [0.25, 0.3) is 0 Å². The molecule has 6 heteroatoms. The van der Waals surface area contributed by atoms with Crippen molar-refractivity contribution >= 4 is 0 Å². The number of benzene rings is 1. The van der Waals surface area contributed by atoms with Gasteiger partial charge in [0, 0.05) is 24.7 Å². The molecule has 3 rings (SSSR count). The van der Waals surface area contributed by atoms with Crippen molar-refractivity contribution in [2.75, 3.05) is 0 Å². The van der Waals surface area contributed by atoms with Crippen molar-refractivity contribution in [2.24, 2.45) is 5.73 Å². The van der Waals surface area contributed by atoms with Gasteiger partial charge in [-0.1, -0.05) is 35.5 Å². The van der Waals surface area contributed by atoms with Crippen molar-refractivity contribution in [3.05, 3.63) is 65.8 Å². The zero-order chi connectivity index (χ0) is 13.8. The van der Waals surface area contributed by atoms with Gasteiger partial charge in [0.2, 0.25) is 5.89 Å². The summed E-state index contributed by atoms with van der Waals surface area (Å²) in [5.41, 5.74) is 8.13. The van der Waals surface area contributed by atoms with E-state index < -0.39 is 0 Å². The summed E-state index contributed by atoms with van der Waals surface area (Å²) < 4.78 is 5.23. The van der Waals surface area contributed by atoms with Crippen LogP contribution in [-0.2, 0) is 12.8 Å². The first-order valence-corrected chi connectivity index (χ1v) is 6.40. The molecule has 2 heterocycles. The van der Waals surface area contributed by atoms with Gasteiger partial charge in [0.05, 0.1) is 12.4 Å². The first-order valence-electron chi connectivity index (χ1n) is 6.40. The third-order valence-corrected chi connectivity index (χ3v) is 3.00. The Hall–Kier alpha value is -2.47. The van der Waals surface area contributed by atoms with Gasteiger partial charge < -0.3 is 15.2 Å². The van der Waals surface area contributed by atoms with Crippen molar-refractivity contribution in [3.63, 3.8) is 0 Å². The summed E-state index contributed by atoms with van der Waals surface area (Å²) in [6.07, 6.45) is 4.59. The Bertz CT molecular complexity index is 647. The Morgan fingerprint density at radius 1 is 1.25 bits per heavy atom. The number of H-pyrrole nitrogens is 1. The summed E-state index contributed by atoms with van der Waals surface area (Å²) in [5, 5.41) is 3.97. The number of nitrogens with zero attached hydrogens (tertiary/aromatic N) is 3. The number of nitrogens with one attached hydrogen (secondary N) is 1. The van der Waals surface area contributed by atoms with E-state index in [9.17, 15) is 0 Å². The van der Waals surface area contributed by atoms with E-state index in [1.54, 1.807) is 12.5 Å². The molecule has 2 aromatic heterocycles. The zero-order valence-corrected chi connectivity index (χ0v) is 10.9. The monoisotopic (exact) mass is 269 g/mol. The number of imidazole rings is 1.